The monoisotopic (exact) mass is 437 g/mol. The Morgan fingerprint density at radius 3 is 2.59 bits per heavy atom. The first-order valence-corrected chi connectivity index (χ1v) is 10.9. The molecule has 1 aromatic heterocycles. The lowest BCUT2D eigenvalue weighted by molar-refractivity contribution is 0.0691. The van der Waals surface area contributed by atoms with Gasteiger partial charge in [-0.2, -0.15) is 0 Å². The minimum Gasteiger partial charge on any atom is -0.490 e. The lowest BCUT2D eigenvalue weighted by Gasteiger charge is -2.25. The molecule has 0 saturated heterocycles. The summed E-state index contributed by atoms with van der Waals surface area (Å²) >= 11 is 0. The summed E-state index contributed by atoms with van der Waals surface area (Å²) in [6.45, 7) is 6.63. The van der Waals surface area contributed by atoms with Gasteiger partial charge in [0.25, 0.3) is 5.91 Å². The van der Waals surface area contributed by atoms with Gasteiger partial charge in [0.05, 0.1) is 36.8 Å². The molecule has 1 aliphatic rings. The van der Waals surface area contributed by atoms with E-state index in [0.717, 1.165) is 12.0 Å². The van der Waals surface area contributed by atoms with Gasteiger partial charge in [-0.25, -0.2) is 0 Å². The molecule has 3 aromatic rings. The van der Waals surface area contributed by atoms with Crippen LogP contribution < -0.4 is 14.9 Å². The average molecular weight is 437 g/mol. The van der Waals surface area contributed by atoms with Crippen LogP contribution in [0.5, 0.6) is 11.5 Å². The van der Waals surface area contributed by atoms with Crippen LogP contribution in [0.15, 0.2) is 45.6 Å². The predicted octanol–water partition coefficient (Wildman–Crippen LogP) is 3.83. The van der Waals surface area contributed by atoms with Crippen LogP contribution in [-0.4, -0.2) is 42.3 Å². The van der Waals surface area contributed by atoms with Crippen molar-refractivity contribution in [1.82, 2.24) is 4.90 Å². The first-order valence-electron chi connectivity index (χ1n) is 10.9. The molecule has 7 nitrogen and oxygen atoms in total. The van der Waals surface area contributed by atoms with Crippen molar-refractivity contribution in [2.75, 3.05) is 26.4 Å². The highest BCUT2D eigenvalue weighted by atomic mass is 16.5. The maximum absolute atomic E-state index is 13.5. The van der Waals surface area contributed by atoms with Crippen LogP contribution in [0.1, 0.15) is 53.6 Å². The van der Waals surface area contributed by atoms with Gasteiger partial charge in [-0.1, -0.05) is 24.6 Å². The van der Waals surface area contributed by atoms with E-state index in [2.05, 4.69) is 0 Å². The van der Waals surface area contributed by atoms with Crippen molar-refractivity contribution in [1.29, 1.82) is 0 Å². The quantitative estimate of drug-likeness (QED) is 0.576. The number of hydrogen-bond acceptors (Lipinski definition) is 6. The molecule has 0 fully saturated rings. The number of nitrogens with zero attached hydrogens (tertiary/aromatic N) is 1. The van der Waals surface area contributed by atoms with Gasteiger partial charge in [-0.05, 0) is 50.1 Å². The molecule has 168 valence electrons. The van der Waals surface area contributed by atoms with Crippen molar-refractivity contribution < 1.29 is 23.8 Å². The van der Waals surface area contributed by atoms with Gasteiger partial charge in [0.2, 0.25) is 5.76 Å². The maximum Gasteiger partial charge on any atom is 0.290 e. The van der Waals surface area contributed by atoms with Crippen molar-refractivity contribution in [2.24, 2.45) is 0 Å². The van der Waals surface area contributed by atoms with E-state index in [1.54, 1.807) is 24.3 Å². The zero-order valence-electron chi connectivity index (χ0n) is 18.5. The Balaban J connectivity index is 1.91. The third-order valence-corrected chi connectivity index (χ3v) is 5.51. The average Bonchev–Trinajstić information content (AvgIpc) is 3.06. The molecule has 0 spiro atoms. The van der Waals surface area contributed by atoms with Crippen LogP contribution in [0.4, 0.5) is 0 Å². The molecule has 4 rings (SSSR count). The summed E-state index contributed by atoms with van der Waals surface area (Å²) in [4.78, 5) is 28.2. The summed E-state index contributed by atoms with van der Waals surface area (Å²) in [5.74, 6) is 0.762. The van der Waals surface area contributed by atoms with Gasteiger partial charge in [-0.15, -0.1) is 0 Å². The van der Waals surface area contributed by atoms with Crippen molar-refractivity contribution in [2.45, 2.75) is 33.2 Å². The second-order valence-electron chi connectivity index (χ2n) is 7.79. The zero-order valence-corrected chi connectivity index (χ0v) is 18.5. The molecule has 32 heavy (non-hydrogen) atoms. The summed E-state index contributed by atoms with van der Waals surface area (Å²) in [6.07, 6.45) is 0.857. The highest BCUT2D eigenvalue weighted by Crippen LogP contribution is 2.41. The summed E-state index contributed by atoms with van der Waals surface area (Å²) < 4.78 is 17.5. The fourth-order valence-corrected chi connectivity index (χ4v) is 4.11. The number of hydrogen-bond donors (Lipinski definition) is 1. The third kappa shape index (κ3) is 3.73. The summed E-state index contributed by atoms with van der Waals surface area (Å²) in [5, 5.41) is 10.0. The molecular formula is C25H27NO6. The van der Waals surface area contributed by atoms with E-state index >= 15 is 0 Å². The van der Waals surface area contributed by atoms with Crippen LogP contribution in [0.3, 0.4) is 0 Å². The van der Waals surface area contributed by atoms with Gasteiger partial charge >= 0.3 is 0 Å². The van der Waals surface area contributed by atoms with Crippen LogP contribution in [0.25, 0.3) is 11.0 Å². The second-order valence-corrected chi connectivity index (χ2v) is 7.79. The largest absolute Gasteiger partial charge is 0.490 e. The van der Waals surface area contributed by atoms with Crippen molar-refractivity contribution in [3.63, 3.8) is 0 Å². The molecule has 7 heteroatoms. The van der Waals surface area contributed by atoms with Crippen LogP contribution in [-0.2, 0) is 0 Å². The molecule has 1 atom stereocenters. The number of benzene rings is 2. The summed E-state index contributed by atoms with van der Waals surface area (Å²) in [5.41, 5.74) is 2.03. The van der Waals surface area contributed by atoms with E-state index in [9.17, 15) is 14.7 Å². The Hall–Kier alpha value is -3.32. The molecule has 0 aliphatic carbocycles. The molecule has 1 amide bonds. The van der Waals surface area contributed by atoms with Gasteiger partial charge in [0, 0.05) is 6.54 Å². The summed E-state index contributed by atoms with van der Waals surface area (Å²) in [6, 6.07) is 10.0. The first kappa shape index (κ1) is 21.9. The van der Waals surface area contributed by atoms with Gasteiger partial charge in [0.15, 0.2) is 16.9 Å². The number of aliphatic hydroxyl groups is 1. The Morgan fingerprint density at radius 1 is 1.06 bits per heavy atom. The van der Waals surface area contributed by atoms with Gasteiger partial charge < -0.3 is 23.9 Å². The molecule has 0 saturated carbocycles. The molecule has 2 aromatic carbocycles. The van der Waals surface area contributed by atoms with Crippen LogP contribution >= 0.6 is 0 Å². The molecule has 0 radical (unpaired) electrons. The molecule has 0 bridgehead atoms. The van der Waals surface area contributed by atoms with Gasteiger partial charge in [0.1, 0.15) is 5.58 Å². The first-order chi connectivity index (χ1) is 15.5. The maximum atomic E-state index is 13.5. The Morgan fingerprint density at radius 2 is 1.88 bits per heavy atom. The SMILES string of the molecule is CCCOc1ccc([C@H]2c3c(oc4ccc(C)cc4c3=O)C(=O)N2CCO)cc1OCC. The number of amides is 1. The number of β-amino-alcohol motifs (C(OH)–C–C–N with tert-alkyl or cyclic N) is 1. The highest BCUT2D eigenvalue weighted by Gasteiger charge is 2.42. The van der Waals surface area contributed by atoms with Crippen molar-refractivity contribution in [3.8, 4) is 11.5 Å². The van der Waals surface area contributed by atoms with E-state index in [1.165, 1.54) is 4.90 Å². The highest BCUT2D eigenvalue weighted by molar-refractivity contribution is 5.99. The number of rotatable bonds is 8. The van der Waals surface area contributed by atoms with Crippen LogP contribution in [0, 0.1) is 6.92 Å². The van der Waals surface area contributed by atoms with Gasteiger partial charge in [-0.3, -0.25) is 9.59 Å². The minimum atomic E-state index is -0.690. The lowest BCUT2D eigenvalue weighted by Crippen LogP contribution is -2.32. The Kier molecular flexibility index (Phi) is 6.19. The van der Waals surface area contributed by atoms with E-state index in [1.807, 2.05) is 32.9 Å². The lowest BCUT2D eigenvalue weighted by atomic mass is 9.97. The van der Waals surface area contributed by atoms with E-state index in [-0.39, 0.29) is 29.9 Å². The Labute approximate surface area is 186 Å². The topological polar surface area (TPSA) is 89.2 Å². The third-order valence-electron chi connectivity index (χ3n) is 5.51. The fraction of sp³-hybridized carbons (Fsp3) is 0.360. The van der Waals surface area contributed by atoms with E-state index in [0.29, 0.717) is 41.2 Å². The number of ether oxygens (including phenoxy) is 2. The van der Waals surface area contributed by atoms with Crippen LogP contribution in [0.2, 0.25) is 0 Å². The number of aliphatic hydroxyl groups excluding tert-OH is 1. The van der Waals surface area contributed by atoms with E-state index in [4.69, 9.17) is 13.9 Å². The predicted molar refractivity (Wildman–Crippen MR) is 121 cm³/mol. The number of carbonyl (C=O) groups excluding carboxylic acids is 1. The van der Waals surface area contributed by atoms with E-state index < -0.39 is 11.9 Å². The molecule has 0 unspecified atom stereocenters. The second kappa shape index (κ2) is 9.04. The smallest absolute Gasteiger partial charge is 0.290 e. The number of aryl methyl sites for hydroxylation is 1. The number of fused-ring (bicyclic) bond motifs is 2. The normalized spacial score (nSPS) is 15.3. The molecule has 2 heterocycles. The minimum absolute atomic E-state index is 0.0223. The number of carbonyl (C=O) groups is 1. The molecule has 1 N–H and O–H groups in total. The molecular weight excluding hydrogens is 410 g/mol. The molecule has 1 aliphatic heterocycles. The van der Waals surface area contributed by atoms with Crippen molar-refractivity contribution in [3.05, 3.63) is 69.1 Å². The standard InChI is InChI=1S/C25H27NO6/c1-4-12-31-19-9-7-16(14-20(19)30-5-2)22-21-23(28)17-13-15(3)6-8-18(17)32-24(21)25(29)26(22)10-11-27/h6-9,13-14,22,27H,4-5,10-12H2,1-3H3/t22-/m0/s1. The van der Waals surface area contributed by atoms with Crippen molar-refractivity contribution >= 4 is 16.9 Å². The summed E-state index contributed by atoms with van der Waals surface area (Å²) in [7, 11) is 0. The Bertz CT molecular complexity index is 1220. The zero-order chi connectivity index (χ0) is 22.8. The fourth-order valence-electron chi connectivity index (χ4n) is 4.11.